The summed E-state index contributed by atoms with van der Waals surface area (Å²) in [6, 6.07) is 5.06. The van der Waals surface area contributed by atoms with Gasteiger partial charge in [-0.15, -0.1) is 0 Å². The molecule has 2 aromatic carbocycles. The van der Waals surface area contributed by atoms with Gasteiger partial charge in [0.25, 0.3) is 0 Å². The summed E-state index contributed by atoms with van der Waals surface area (Å²) in [7, 11) is 0.636. The molecule has 2 aliphatic rings. The molecule has 1 unspecified atom stereocenters. The minimum Gasteiger partial charge on any atom is -0.493 e. The number of sulfonamides is 1. The molecule has 1 amide bonds. The van der Waals surface area contributed by atoms with E-state index in [-0.39, 0.29) is 13.0 Å². The molecule has 2 aromatic rings. The van der Waals surface area contributed by atoms with Gasteiger partial charge in [-0.3, -0.25) is 4.79 Å². The first-order valence-corrected chi connectivity index (χ1v) is 14.9. The zero-order valence-corrected chi connectivity index (χ0v) is 23.9. The SMILES string of the molecule is COc1cc(CN([C@H]2CCCCNC2=O)S(=O)(=O)c2ccc(F)c(F)c2)cc(OC)c1OCCC1CCCN1C. The highest BCUT2D eigenvalue weighted by molar-refractivity contribution is 7.89. The van der Waals surface area contributed by atoms with E-state index >= 15 is 0 Å². The Kier molecular flexibility index (Phi) is 9.85. The van der Waals surface area contributed by atoms with Crippen molar-refractivity contribution in [2.45, 2.75) is 62.0 Å². The van der Waals surface area contributed by atoms with Crippen molar-refractivity contribution in [1.29, 1.82) is 0 Å². The second-order valence-corrected chi connectivity index (χ2v) is 12.1. The molecule has 40 heavy (non-hydrogen) atoms. The third-order valence-corrected chi connectivity index (χ3v) is 9.43. The van der Waals surface area contributed by atoms with Gasteiger partial charge in [-0.2, -0.15) is 4.31 Å². The summed E-state index contributed by atoms with van der Waals surface area (Å²) in [5, 5.41) is 2.76. The van der Waals surface area contributed by atoms with Crippen molar-refractivity contribution in [3.63, 3.8) is 0 Å². The highest BCUT2D eigenvalue weighted by atomic mass is 32.2. The smallest absolute Gasteiger partial charge is 0.244 e. The van der Waals surface area contributed by atoms with Crippen LogP contribution in [-0.2, 0) is 21.4 Å². The average molecular weight is 582 g/mol. The van der Waals surface area contributed by atoms with Crippen LogP contribution in [0.1, 0.15) is 44.1 Å². The van der Waals surface area contributed by atoms with Crippen LogP contribution in [0.4, 0.5) is 8.78 Å². The van der Waals surface area contributed by atoms with Crippen molar-refractivity contribution in [3.05, 3.63) is 47.5 Å². The highest BCUT2D eigenvalue weighted by Gasteiger charge is 2.37. The van der Waals surface area contributed by atoms with Gasteiger partial charge in [-0.05, 0) is 88.0 Å². The minimum atomic E-state index is -4.42. The fraction of sp³-hybridized carbons (Fsp3) is 0.536. The summed E-state index contributed by atoms with van der Waals surface area (Å²) in [4.78, 5) is 14.8. The number of benzene rings is 2. The van der Waals surface area contributed by atoms with E-state index in [1.807, 2.05) is 0 Å². The second-order valence-electron chi connectivity index (χ2n) is 10.2. The number of carbonyl (C=O) groups excluding carboxylic acids is 1. The monoisotopic (exact) mass is 581 g/mol. The molecule has 1 N–H and O–H groups in total. The lowest BCUT2D eigenvalue weighted by atomic mass is 10.1. The van der Waals surface area contributed by atoms with Crippen LogP contribution < -0.4 is 19.5 Å². The molecule has 2 heterocycles. The topological polar surface area (TPSA) is 97.4 Å². The largest absolute Gasteiger partial charge is 0.493 e. The van der Waals surface area contributed by atoms with Crippen molar-refractivity contribution in [2.24, 2.45) is 0 Å². The predicted molar refractivity (Wildman–Crippen MR) is 145 cm³/mol. The summed E-state index contributed by atoms with van der Waals surface area (Å²) in [6.45, 7) is 1.70. The Hall–Kier alpha value is -2.96. The fourth-order valence-corrected chi connectivity index (χ4v) is 6.94. The summed E-state index contributed by atoms with van der Waals surface area (Å²) in [5.74, 6) is -1.80. The van der Waals surface area contributed by atoms with Gasteiger partial charge in [-0.1, -0.05) is 0 Å². The van der Waals surface area contributed by atoms with Crippen molar-refractivity contribution < 1.29 is 36.2 Å². The van der Waals surface area contributed by atoms with Gasteiger partial charge in [0.2, 0.25) is 21.7 Å². The lowest BCUT2D eigenvalue weighted by Crippen LogP contribution is -2.48. The number of hydrogen-bond donors (Lipinski definition) is 1. The van der Waals surface area contributed by atoms with Gasteiger partial charge in [0.15, 0.2) is 23.1 Å². The van der Waals surface area contributed by atoms with Gasteiger partial charge in [0.05, 0.1) is 25.7 Å². The standard InChI is InChI=1S/C28H37F2N3O6S/c1-32-13-6-7-20(32)11-14-39-27-25(37-2)15-19(16-26(27)38-3)18-33(24-8-4-5-12-31-28(24)34)40(35,36)21-9-10-22(29)23(30)17-21/h9-10,15-17,20,24H,4-8,11-14,18H2,1-3H3,(H,31,34)/t20?,24-/m0/s1. The highest BCUT2D eigenvalue weighted by Crippen LogP contribution is 2.40. The molecule has 12 heteroatoms. The normalized spacial score (nSPS) is 20.3. The van der Waals surface area contributed by atoms with Gasteiger partial charge in [0, 0.05) is 19.1 Å². The minimum absolute atomic E-state index is 0.237. The molecule has 2 atom stereocenters. The van der Waals surface area contributed by atoms with Crippen LogP contribution in [0.3, 0.4) is 0 Å². The quantitative estimate of drug-likeness (QED) is 0.432. The van der Waals surface area contributed by atoms with Crippen LogP contribution >= 0.6 is 0 Å². The summed E-state index contributed by atoms with van der Waals surface area (Å²) < 4.78 is 73.5. The Bertz CT molecular complexity index is 1280. The Morgan fingerprint density at radius 3 is 2.38 bits per heavy atom. The molecule has 0 aromatic heterocycles. The number of halogens is 2. The van der Waals surface area contributed by atoms with Gasteiger partial charge in [0.1, 0.15) is 6.04 Å². The molecule has 4 rings (SSSR count). The summed E-state index contributed by atoms with van der Waals surface area (Å²) >= 11 is 0. The number of hydrogen-bond acceptors (Lipinski definition) is 7. The van der Waals surface area contributed by atoms with E-state index < -0.39 is 38.5 Å². The molecule has 0 saturated carbocycles. The van der Waals surface area contributed by atoms with E-state index in [1.165, 1.54) is 14.2 Å². The van der Waals surface area contributed by atoms with Crippen molar-refractivity contribution >= 4 is 15.9 Å². The van der Waals surface area contributed by atoms with Gasteiger partial charge in [-0.25, -0.2) is 17.2 Å². The molecular weight excluding hydrogens is 544 g/mol. The second kappa shape index (κ2) is 13.1. The van der Waals surface area contributed by atoms with Crippen LogP contribution in [0.25, 0.3) is 0 Å². The first-order chi connectivity index (χ1) is 19.1. The number of methoxy groups -OCH3 is 2. The molecule has 2 fully saturated rings. The summed E-state index contributed by atoms with van der Waals surface area (Å²) in [5.41, 5.74) is 0.472. The molecule has 220 valence electrons. The predicted octanol–water partition coefficient (Wildman–Crippen LogP) is 3.70. The van der Waals surface area contributed by atoms with E-state index in [4.69, 9.17) is 14.2 Å². The molecule has 2 saturated heterocycles. The zero-order chi connectivity index (χ0) is 28.9. The first kappa shape index (κ1) is 30.0. The maximum atomic E-state index is 14.1. The molecule has 0 spiro atoms. The third kappa shape index (κ3) is 6.67. The van der Waals surface area contributed by atoms with E-state index in [1.54, 1.807) is 12.1 Å². The van der Waals surface area contributed by atoms with Crippen LogP contribution in [0.5, 0.6) is 17.2 Å². The van der Waals surface area contributed by atoms with E-state index in [0.717, 1.165) is 42.2 Å². The number of likely N-dealkylation sites (tertiary alicyclic amines) is 1. The molecule has 0 bridgehead atoms. The van der Waals surface area contributed by atoms with E-state index in [9.17, 15) is 22.0 Å². The fourth-order valence-electron chi connectivity index (χ4n) is 5.32. The first-order valence-electron chi connectivity index (χ1n) is 13.5. The van der Waals surface area contributed by atoms with Crippen molar-refractivity contribution in [2.75, 3.05) is 41.0 Å². The number of ether oxygens (including phenoxy) is 3. The maximum Gasteiger partial charge on any atom is 0.244 e. The van der Waals surface area contributed by atoms with Crippen molar-refractivity contribution in [1.82, 2.24) is 14.5 Å². The molecule has 2 aliphatic heterocycles. The lowest BCUT2D eigenvalue weighted by molar-refractivity contribution is -0.124. The Morgan fingerprint density at radius 1 is 1.02 bits per heavy atom. The van der Waals surface area contributed by atoms with Crippen LogP contribution in [0.2, 0.25) is 0 Å². The Balaban J connectivity index is 1.66. The van der Waals surface area contributed by atoms with E-state index in [2.05, 4.69) is 17.3 Å². The Morgan fingerprint density at radius 2 is 1.75 bits per heavy atom. The number of carbonyl (C=O) groups is 1. The van der Waals surface area contributed by atoms with Crippen LogP contribution in [0.15, 0.2) is 35.2 Å². The zero-order valence-electron chi connectivity index (χ0n) is 23.1. The van der Waals surface area contributed by atoms with Crippen LogP contribution in [0, 0.1) is 11.6 Å². The van der Waals surface area contributed by atoms with Gasteiger partial charge >= 0.3 is 0 Å². The molecule has 9 nitrogen and oxygen atoms in total. The van der Waals surface area contributed by atoms with E-state index in [0.29, 0.717) is 60.9 Å². The average Bonchev–Trinajstić information content (AvgIpc) is 3.22. The van der Waals surface area contributed by atoms with Gasteiger partial charge < -0.3 is 24.4 Å². The van der Waals surface area contributed by atoms with Crippen LogP contribution in [-0.4, -0.2) is 76.6 Å². The number of rotatable bonds is 11. The number of nitrogens with zero attached hydrogens (tertiary/aromatic N) is 2. The maximum absolute atomic E-state index is 14.1. The lowest BCUT2D eigenvalue weighted by Gasteiger charge is -2.29. The number of nitrogens with one attached hydrogen (secondary N) is 1. The molecule has 0 aliphatic carbocycles. The van der Waals surface area contributed by atoms with Crippen molar-refractivity contribution in [3.8, 4) is 17.2 Å². The number of amides is 1. The summed E-state index contributed by atoms with van der Waals surface area (Å²) in [6.07, 6.45) is 4.70. The molecule has 0 radical (unpaired) electrons. The third-order valence-electron chi connectivity index (χ3n) is 7.58. The molecular formula is C28H37F2N3O6S. The Labute approximate surface area is 234 Å².